The number of nitrogens with zero attached hydrogens (tertiary/aromatic N) is 3. The van der Waals surface area contributed by atoms with Crippen molar-refractivity contribution in [3.05, 3.63) is 58.9 Å². The lowest BCUT2D eigenvalue weighted by molar-refractivity contribution is -0.299. The molecule has 0 aliphatic carbocycles. The fraction of sp³-hybridized carbons (Fsp3) is 0.308. The maximum atomic E-state index is 13.3. The van der Waals surface area contributed by atoms with Gasteiger partial charge in [0.1, 0.15) is 10.8 Å². The fourth-order valence-electron chi connectivity index (χ4n) is 3.98. The van der Waals surface area contributed by atoms with E-state index in [1.807, 2.05) is 0 Å². The van der Waals surface area contributed by atoms with E-state index < -0.39 is 23.9 Å². The molecule has 3 heterocycles. The first-order chi connectivity index (χ1) is 19.1. The predicted molar refractivity (Wildman–Crippen MR) is 140 cm³/mol. The minimum absolute atomic E-state index is 0.0308. The number of aliphatic carboxylic acids is 1. The number of fused-ring (bicyclic) bond motifs is 1. The van der Waals surface area contributed by atoms with Crippen molar-refractivity contribution in [2.45, 2.75) is 19.7 Å². The number of ether oxygens (including phenoxy) is 2. The number of carbonyl (C=O) groups is 2. The number of hydrogen-bond donors (Lipinski definition) is 2. The number of urea groups is 1. The molecule has 0 radical (unpaired) electrons. The Balaban J connectivity index is 1.80. The van der Waals surface area contributed by atoms with E-state index in [4.69, 9.17) is 9.47 Å². The molecule has 14 heteroatoms. The van der Waals surface area contributed by atoms with E-state index in [0.29, 0.717) is 47.6 Å². The van der Waals surface area contributed by atoms with Gasteiger partial charge in [-0.05, 0) is 30.7 Å². The molecule has 1 aliphatic heterocycles. The number of carboxylic acids is 1. The van der Waals surface area contributed by atoms with Gasteiger partial charge in [-0.2, -0.15) is 13.2 Å². The molecule has 2 aromatic heterocycles. The highest BCUT2D eigenvalue weighted by Gasteiger charge is 2.34. The van der Waals surface area contributed by atoms with E-state index in [1.54, 1.807) is 30.0 Å². The summed E-state index contributed by atoms with van der Waals surface area (Å²) in [5.74, 6) is -1.21. The highest BCUT2D eigenvalue weighted by molar-refractivity contribution is 7.13. The second-order valence-electron chi connectivity index (χ2n) is 8.60. The Hall–Kier alpha value is -4.01. The van der Waals surface area contributed by atoms with Gasteiger partial charge in [-0.25, -0.2) is 14.8 Å². The molecule has 0 atom stereocenters. The Morgan fingerprint density at radius 3 is 2.70 bits per heavy atom. The van der Waals surface area contributed by atoms with Crippen LogP contribution in [0, 0.1) is 0 Å². The highest BCUT2D eigenvalue weighted by atomic mass is 32.1. The Kier molecular flexibility index (Phi) is 9.02. The molecule has 2 amide bonds. The minimum atomic E-state index is -4.62. The number of carboxylic acid groups (broad SMARTS) is 1. The Morgan fingerprint density at radius 1 is 1.23 bits per heavy atom. The van der Waals surface area contributed by atoms with Gasteiger partial charge in [0, 0.05) is 65.9 Å². The van der Waals surface area contributed by atoms with Crippen LogP contribution in [0.3, 0.4) is 0 Å². The molecule has 10 nitrogen and oxygen atoms in total. The number of pyridine rings is 1. The number of hydrogen-bond acceptors (Lipinski definition) is 9. The largest absolute Gasteiger partial charge is 0.545 e. The lowest BCUT2D eigenvalue weighted by atomic mass is 9.98. The van der Waals surface area contributed by atoms with Crippen molar-refractivity contribution < 1.29 is 37.3 Å². The second-order valence-corrected chi connectivity index (χ2v) is 9.46. The van der Waals surface area contributed by atoms with Crippen molar-refractivity contribution in [1.29, 1.82) is 0 Å². The van der Waals surface area contributed by atoms with Gasteiger partial charge >= 0.3 is 12.2 Å². The summed E-state index contributed by atoms with van der Waals surface area (Å²) in [5.41, 5.74) is 1.73. The summed E-state index contributed by atoms with van der Waals surface area (Å²) in [5, 5.41) is 17.7. The summed E-state index contributed by atoms with van der Waals surface area (Å²) < 4.78 is 50.8. The van der Waals surface area contributed by atoms with Crippen LogP contribution >= 0.6 is 11.3 Å². The number of benzene rings is 1. The number of alkyl halides is 3. The van der Waals surface area contributed by atoms with Crippen LogP contribution in [0.1, 0.15) is 18.2 Å². The molecule has 0 spiro atoms. The maximum absolute atomic E-state index is 13.3. The quantitative estimate of drug-likeness (QED) is 0.416. The summed E-state index contributed by atoms with van der Waals surface area (Å²) in [7, 11) is 1.53. The van der Waals surface area contributed by atoms with Gasteiger partial charge in [-0.1, -0.05) is 6.07 Å². The molecule has 1 aliphatic rings. The van der Waals surface area contributed by atoms with Crippen LogP contribution in [0.4, 0.5) is 29.5 Å². The van der Waals surface area contributed by atoms with Crippen LogP contribution in [0.25, 0.3) is 21.7 Å². The summed E-state index contributed by atoms with van der Waals surface area (Å²) in [6, 6.07) is 6.25. The fourth-order valence-corrected chi connectivity index (χ4v) is 4.84. The molecule has 212 valence electrons. The molecule has 1 aromatic carbocycles. The molecular weight excluding hydrogens is 551 g/mol. The van der Waals surface area contributed by atoms with Crippen LogP contribution in [0.5, 0.6) is 0 Å². The number of carbonyl (C=O) groups excluding carboxylic acids is 2. The lowest BCUT2D eigenvalue weighted by Gasteiger charge is -2.28. The van der Waals surface area contributed by atoms with Crippen LogP contribution in [0.2, 0.25) is 0 Å². The number of nitrogens with one attached hydrogen (secondary N) is 2. The van der Waals surface area contributed by atoms with Crippen molar-refractivity contribution in [2.75, 3.05) is 43.6 Å². The van der Waals surface area contributed by atoms with Crippen LogP contribution < -0.4 is 20.6 Å². The van der Waals surface area contributed by atoms with Gasteiger partial charge in [0.05, 0.1) is 25.8 Å². The van der Waals surface area contributed by atoms with Gasteiger partial charge < -0.3 is 29.6 Å². The number of amides is 2. The second kappa shape index (κ2) is 12.4. The topological polar surface area (TPSA) is 129 Å². The van der Waals surface area contributed by atoms with E-state index in [0.717, 1.165) is 16.7 Å². The first-order valence-electron chi connectivity index (χ1n) is 12.1. The average Bonchev–Trinajstić information content (AvgIpc) is 3.40. The van der Waals surface area contributed by atoms with Crippen LogP contribution in [-0.2, 0) is 27.1 Å². The monoisotopic (exact) mass is 576 g/mol. The number of rotatable bonds is 8. The standard InChI is InChI=1S/C26H26F3N5O5S/c1-3-30-25(37)33-22-9-18(23-32-21(14-40-23)26(27,28)29)19(10-31-22)15-4-5-20-16(8-15)12-39-13-17(24(35)36)11-34(20)6-7-38-2/h4-5,8-11,14H,3,6-7,12-13H2,1-2H3,(H,35,36)(H2,30,31,33,37)/p-1. The molecule has 0 saturated carbocycles. The minimum Gasteiger partial charge on any atom is -0.545 e. The van der Waals surface area contributed by atoms with E-state index in [9.17, 15) is 27.9 Å². The third-order valence-electron chi connectivity index (χ3n) is 5.83. The molecule has 0 saturated heterocycles. The SMILES string of the molecule is CCNC(=O)Nc1cc(-c2nc(C(F)(F)F)cs2)c(-c2ccc3c(c2)COCC(C(=O)[O-])=CN3CCOC)cn1. The number of thiazole rings is 1. The maximum Gasteiger partial charge on any atom is 0.434 e. The number of anilines is 2. The van der Waals surface area contributed by atoms with Crippen molar-refractivity contribution >= 4 is 34.8 Å². The number of aromatic nitrogens is 2. The zero-order chi connectivity index (χ0) is 28.9. The third-order valence-corrected chi connectivity index (χ3v) is 6.71. The number of halogens is 3. The van der Waals surface area contributed by atoms with Crippen molar-refractivity contribution in [3.8, 4) is 21.7 Å². The van der Waals surface area contributed by atoms with Crippen LogP contribution in [-0.4, -0.2) is 55.4 Å². The van der Waals surface area contributed by atoms with Gasteiger partial charge in [-0.3, -0.25) is 5.32 Å². The zero-order valence-electron chi connectivity index (χ0n) is 21.5. The summed E-state index contributed by atoms with van der Waals surface area (Å²) in [6.07, 6.45) is -1.73. The lowest BCUT2D eigenvalue weighted by Crippen LogP contribution is -2.32. The molecular formula is C26H25F3N5O5S-. The van der Waals surface area contributed by atoms with Crippen molar-refractivity contribution in [1.82, 2.24) is 15.3 Å². The van der Waals surface area contributed by atoms with E-state index in [1.165, 1.54) is 25.6 Å². The third kappa shape index (κ3) is 6.76. The zero-order valence-corrected chi connectivity index (χ0v) is 22.3. The van der Waals surface area contributed by atoms with Gasteiger partial charge in [0.15, 0.2) is 5.69 Å². The van der Waals surface area contributed by atoms with E-state index in [2.05, 4.69) is 20.6 Å². The van der Waals surface area contributed by atoms with Crippen molar-refractivity contribution in [2.24, 2.45) is 0 Å². The summed E-state index contributed by atoms with van der Waals surface area (Å²) >= 11 is 0.820. The molecule has 3 aromatic rings. The van der Waals surface area contributed by atoms with Gasteiger partial charge in [0.2, 0.25) is 0 Å². The molecule has 0 bridgehead atoms. The summed E-state index contributed by atoms with van der Waals surface area (Å²) in [4.78, 5) is 33.4. The summed E-state index contributed by atoms with van der Waals surface area (Å²) in [6.45, 7) is 2.67. The van der Waals surface area contributed by atoms with Gasteiger partial charge in [0.25, 0.3) is 0 Å². The smallest absolute Gasteiger partial charge is 0.434 e. The average molecular weight is 577 g/mol. The van der Waals surface area contributed by atoms with Gasteiger partial charge in [-0.15, -0.1) is 11.3 Å². The molecule has 40 heavy (non-hydrogen) atoms. The Bertz CT molecular complexity index is 1430. The van der Waals surface area contributed by atoms with Crippen LogP contribution in [0.15, 0.2) is 47.6 Å². The normalized spacial score (nSPS) is 13.6. The predicted octanol–water partition coefficient (Wildman–Crippen LogP) is 3.65. The highest BCUT2D eigenvalue weighted by Crippen LogP contribution is 2.39. The molecule has 2 N–H and O–H groups in total. The Morgan fingerprint density at radius 2 is 2.02 bits per heavy atom. The first-order valence-corrected chi connectivity index (χ1v) is 12.9. The Labute approximate surface area is 231 Å². The van der Waals surface area contributed by atoms with Crippen molar-refractivity contribution in [3.63, 3.8) is 0 Å². The first kappa shape index (κ1) is 29.0. The molecule has 4 rings (SSSR count). The van der Waals surface area contributed by atoms with E-state index >= 15 is 0 Å². The molecule has 0 fully saturated rings. The number of methoxy groups -OCH3 is 1. The molecule has 0 unspecified atom stereocenters. The van der Waals surface area contributed by atoms with E-state index in [-0.39, 0.29) is 29.6 Å².